The summed E-state index contributed by atoms with van der Waals surface area (Å²) in [6.07, 6.45) is 0.783. The number of aromatic nitrogens is 3. The Bertz CT molecular complexity index is 723. The number of benzene rings is 1. The van der Waals surface area contributed by atoms with Crippen LogP contribution in [0.15, 0.2) is 24.3 Å². The summed E-state index contributed by atoms with van der Waals surface area (Å²) in [4.78, 5) is 4.64. The van der Waals surface area contributed by atoms with Crippen molar-refractivity contribution in [1.29, 1.82) is 0 Å². The zero-order valence-electron chi connectivity index (χ0n) is 11.9. The molecule has 0 bridgehead atoms. The zero-order chi connectivity index (χ0) is 14.3. The third kappa shape index (κ3) is 2.23. The summed E-state index contributed by atoms with van der Waals surface area (Å²) in [6, 6.07) is 8.08. The van der Waals surface area contributed by atoms with Crippen molar-refractivity contribution < 1.29 is 0 Å². The van der Waals surface area contributed by atoms with E-state index in [0.717, 1.165) is 22.6 Å². The van der Waals surface area contributed by atoms with Crippen molar-refractivity contribution in [3.05, 3.63) is 46.2 Å². The molecular formula is C15H18N4S. The molecule has 104 valence electrons. The van der Waals surface area contributed by atoms with Crippen molar-refractivity contribution in [2.75, 3.05) is 0 Å². The maximum Gasteiger partial charge on any atom is 0.111 e. The SMILES string of the molecule is Cc1nn(C)c(C)c1CC(N)c1nc2ccccc2s1. The van der Waals surface area contributed by atoms with E-state index in [2.05, 4.69) is 23.1 Å². The molecule has 0 aliphatic rings. The van der Waals surface area contributed by atoms with Gasteiger partial charge in [0.2, 0.25) is 0 Å². The largest absolute Gasteiger partial charge is 0.322 e. The molecule has 3 rings (SSSR count). The van der Waals surface area contributed by atoms with Gasteiger partial charge in [-0.2, -0.15) is 5.10 Å². The number of thiazole rings is 1. The van der Waals surface area contributed by atoms with Crippen LogP contribution in [0.2, 0.25) is 0 Å². The molecule has 1 atom stereocenters. The molecule has 2 heterocycles. The van der Waals surface area contributed by atoms with Gasteiger partial charge < -0.3 is 5.73 Å². The van der Waals surface area contributed by atoms with Crippen LogP contribution < -0.4 is 5.73 Å². The number of fused-ring (bicyclic) bond motifs is 1. The summed E-state index contributed by atoms with van der Waals surface area (Å²) in [5.41, 5.74) is 10.9. The van der Waals surface area contributed by atoms with Crippen molar-refractivity contribution in [1.82, 2.24) is 14.8 Å². The summed E-state index contributed by atoms with van der Waals surface area (Å²) in [7, 11) is 1.97. The van der Waals surface area contributed by atoms with E-state index in [0.29, 0.717) is 0 Å². The fourth-order valence-corrected chi connectivity index (χ4v) is 3.44. The Hall–Kier alpha value is -1.72. The van der Waals surface area contributed by atoms with Gasteiger partial charge in [0.1, 0.15) is 5.01 Å². The number of hydrogen-bond donors (Lipinski definition) is 1. The first-order valence-electron chi connectivity index (χ1n) is 6.66. The second kappa shape index (κ2) is 5.00. The van der Waals surface area contributed by atoms with Crippen molar-refractivity contribution in [2.24, 2.45) is 12.8 Å². The molecule has 0 aliphatic heterocycles. The van der Waals surface area contributed by atoms with Crippen LogP contribution in [0.4, 0.5) is 0 Å². The summed E-state index contributed by atoms with van der Waals surface area (Å²) in [5, 5.41) is 5.44. The van der Waals surface area contributed by atoms with E-state index < -0.39 is 0 Å². The highest BCUT2D eigenvalue weighted by atomic mass is 32.1. The summed E-state index contributed by atoms with van der Waals surface area (Å²) < 4.78 is 3.10. The lowest BCUT2D eigenvalue weighted by molar-refractivity contribution is 0.704. The normalized spacial score (nSPS) is 13.0. The first-order valence-corrected chi connectivity index (χ1v) is 7.48. The van der Waals surface area contributed by atoms with Gasteiger partial charge in [0.05, 0.1) is 22.0 Å². The lowest BCUT2D eigenvalue weighted by atomic mass is 10.1. The highest BCUT2D eigenvalue weighted by Gasteiger charge is 2.17. The van der Waals surface area contributed by atoms with Gasteiger partial charge in [0.15, 0.2) is 0 Å². The van der Waals surface area contributed by atoms with Gasteiger partial charge in [0, 0.05) is 12.7 Å². The third-order valence-electron chi connectivity index (χ3n) is 3.71. The Morgan fingerprint density at radius 2 is 2.05 bits per heavy atom. The van der Waals surface area contributed by atoms with E-state index in [1.54, 1.807) is 11.3 Å². The molecule has 0 saturated carbocycles. The number of aryl methyl sites for hydroxylation is 2. The summed E-state index contributed by atoms with van der Waals surface area (Å²) >= 11 is 1.68. The first kappa shape index (κ1) is 13.3. The molecule has 1 aromatic carbocycles. The fraction of sp³-hybridized carbons (Fsp3) is 0.333. The van der Waals surface area contributed by atoms with Crippen LogP contribution in [0.1, 0.15) is 28.0 Å². The molecule has 2 aromatic heterocycles. The van der Waals surface area contributed by atoms with Gasteiger partial charge in [-0.15, -0.1) is 11.3 Å². The summed E-state index contributed by atoms with van der Waals surface area (Å²) in [6.45, 7) is 4.12. The lowest BCUT2D eigenvalue weighted by Crippen LogP contribution is -2.14. The van der Waals surface area contributed by atoms with Crippen LogP contribution in [0, 0.1) is 13.8 Å². The smallest absolute Gasteiger partial charge is 0.111 e. The average molecular weight is 286 g/mol. The van der Waals surface area contributed by atoms with Crippen molar-refractivity contribution in [3.8, 4) is 0 Å². The monoisotopic (exact) mass is 286 g/mol. The van der Waals surface area contributed by atoms with E-state index in [9.17, 15) is 0 Å². The average Bonchev–Trinajstić information content (AvgIpc) is 2.95. The molecule has 0 amide bonds. The molecular weight excluding hydrogens is 268 g/mol. The minimum absolute atomic E-state index is 0.0750. The number of para-hydroxylation sites is 1. The van der Waals surface area contributed by atoms with E-state index in [-0.39, 0.29) is 6.04 Å². The maximum absolute atomic E-state index is 6.35. The highest BCUT2D eigenvalue weighted by molar-refractivity contribution is 7.18. The van der Waals surface area contributed by atoms with E-state index in [4.69, 9.17) is 5.73 Å². The number of hydrogen-bond acceptors (Lipinski definition) is 4. The Labute approximate surface area is 122 Å². The molecule has 1 unspecified atom stereocenters. The highest BCUT2D eigenvalue weighted by Crippen LogP contribution is 2.28. The Morgan fingerprint density at radius 3 is 2.70 bits per heavy atom. The molecule has 0 saturated heterocycles. The van der Waals surface area contributed by atoms with Crippen LogP contribution in [0.5, 0.6) is 0 Å². The fourth-order valence-electron chi connectivity index (χ4n) is 2.47. The third-order valence-corrected chi connectivity index (χ3v) is 4.88. The molecule has 0 spiro atoms. The minimum Gasteiger partial charge on any atom is -0.322 e. The molecule has 5 heteroatoms. The zero-order valence-corrected chi connectivity index (χ0v) is 12.7. The van der Waals surface area contributed by atoms with Gasteiger partial charge in [-0.1, -0.05) is 12.1 Å². The van der Waals surface area contributed by atoms with Crippen LogP contribution in [-0.4, -0.2) is 14.8 Å². The maximum atomic E-state index is 6.35. The molecule has 3 aromatic rings. The minimum atomic E-state index is -0.0750. The van der Waals surface area contributed by atoms with Crippen LogP contribution >= 0.6 is 11.3 Å². The summed E-state index contributed by atoms with van der Waals surface area (Å²) in [5.74, 6) is 0. The van der Waals surface area contributed by atoms with Gasteiger partial charge in [-0.25, -0.2) is 4.98 Å². The van der Waals surface area contributed by atoms with Gasteiger partial charge in [-0.3, -0.25) is 4.68 Å². The quantitative estimate of drug-likeness (QED) is 0.805. The topological polar surface area (TPSA) is 56.7 Å². The van der Waals surface area contributed by atoms with Gasteiger partial charge in [-0.05, 0) is 38.0 Å². The Morgan fingerprint density at radius 1 is 1.30 bits per heavy atom. The van der Waals surface area contributed by atoms with Gasteiger partial charge in [0.25, 0.3) is 0 Å². The molecule has 0 aliphatic carbocycles. The molecule has 0 fully saturated rings. The number of nitrogens with zero attached hydrogens (tertiary/aromatic N) is 3. The van der Waals surface area contributed by atoms with Crippen LogP contribution in [0.3, 0.4) is 0 Å². The predicted octanol–water partition coefficient (Wildman–Crippen LogP) is 2.89. The molecule has 4 nitrogen and oxygen atoms in total. The number of rotatable bonds is 3. The van der Waals surface area contributed by atoms with Gasteiger partial charge >= 0.3 is 0 Å². The van der Waals surface area contributed by atoms with Crippen LogP contribution in [0.25, 0.3) is 10.2 Å². The Kier molecular flexibility index (Phi) is 3.31. The predicted molar refractivity (Wildman–Crippen MR) is 82.9 cm³/mol. The van der Waals surface area contributed by atoms with Crippen molar-refractivity contribution >= 4 is 21.6 Å². The molecule has 20 heavy (non-hydrogen) atoms. The van der Waals surface area contributed by atoms with Crippen molar-refractivity contribution in [3.63, 3.8) is 0 Å². The first-order chi connectivity index (χ1) is 9.56. The van der Waals surface area contributed by atoms with Crippen LogP contribution in [-0.2, 0) is 13.5 Å². The second-order valence-electron chi connectivity index (χ2n) is 5.10. The van der Waals surface area contributed by atoms with E-state index in [1.165, 1.54) is 16.0 Å². The second-order valence-corrected chi connectivity index (χ2v) is 6.17. The standard InChI is InChI=1S/C15H18N4S/c1-9-11(10(2)19(3)18-9)8-12(16)15-17-13-6-4-5-7-14(13)20-15/h4-7,12H,8,16H2,1-3H3. The van der Waals surface area contributed by atoms with E-state index in [1.807, 2.05) is 36.9 Å². The molecule has 0 radical (unpaired) electrons. The number of nitrogens with two attached hydrogens (primary N) is 1. The lowest BCUT2D eigenvalue weighted by Gasteiger charge is -2.08. The Balaban J connectivity index is 1.90. The van der Waals surface area contributed by atoms with Crippen molar-refractivity contribution in [2.45, 2.75) is 26.3 Å². The molecule has 2 N–H and O–H groups in total. The van der Waals surface area contributed by atoms with E-state index >= 15 is 0 Å².